The van der Waals surface area contributed by atoms with Crippen molar-refractivity contribution in [2.24, 2.45) is 5.92 Å². The third kappa shape index (κ3) is 4.66. The van der Waals surface area contributed by atoms with Gasteiger partial charge in [0.25, 0.3) is 0 Å². The summed E-state index contributed by atoms with van der Waals surface area (Å²) in [6.07, 6.45) is 1.98. The van der Waals surface area contributed by atoms with Crippen LogP contribution in [0.3, 0.4) is 0 Å². The number of fused-ring (bicyclic) bond motifs is 2. The van der Waals surface area contributed by atoms with Crippen molar-refractivity contribution < 1.29 is 28.2 Å². The molecule has 3 aliphatic rings. The number of carbonyl (C=O) groups is 1. The molecular weight excluding hydrogens is 544 g/mol. The Hall–Kier alpha value is -4.40. The number of aromatic carboxylic acids is 1. The molecule has 1 saturated carbocycles. The Balaban J connectivity index is 1.09. The smallest absolute Gasteiger partial charge is 0.335 e. The van der Waals surface area contributed by atoms with Gasteiger partial charge >= 0.3 is 5.97 Å². The van der Waals surface area contributed by atoms with E-state index in [0.29, 0.717) is 19.0 Å². The molecule has 7 rings (SSSR count). The van der Waals surface area contributed by atoms with Gasteiger partial charge in [0.15, 0.2) is 17.3 Å². The predicted molar refractivity (Wildman–Crippen MR) is 147 cm³/mol. The molecule has 3 atom stereocenters. The van der Waals surface area contributed by atoms with E-state index in [1.807, 2.05) is 0 Å². The van der Waals surface area contributed by atoms with E-state index in [1.54, 1.807) is 24.3 Å². The van der Waals surface area contributed by atoms with Crippen LogP contribution in [0.15, 0.2) is 48.5 Å². The first-order valence-corrected chi connectivity index (χ1v) is 13.8. The Kier molecular flexibility index (Phi) is 6.40. The van der Waals surface area contributed by atoms with Crippen LogP contribution < -0.4 is 4.74 Å². The highest BCUT2D eigenvalue weighted by Gasteiger charge is 2.61. The van der Waals surface area contributed by atoms with Crippen molar-refractivity contribution in [1.29, 1.82) is 0 Å². The molecule has 4 heterocycles. The summed E-state index contributed by atoms with van der Waals surface area (Å²) in [5.74, 6) is -1.02. The zero-order valence-corrected chi connectivity index (χ0v) is 22.6. The largest absolute Gasteiger partial charge is 0.484 e. The third-order valence-electron chi connectivity index (χ3n) is 8.67. The van der Waals surface area contributed by atoms with Crippen molar-refractivity contribution in [3.63, 3.8) is 0 Å². The first kappa shape index (κ1) is 26.5. The average Bonchev–Trinajstić information content (AvgIpc) is 3.36. The number of imidazole rings is 1. The summed E-state index contributed by atoms with van der Waals surface area (Å²) in [6.45, 7) is 10.3. The molecule has 3 fully saturated rings. The number of ether oxygens (including phenoxy) is 2. The molecule has 2 unspecified atom stereocenters. The highest BCUT2D eigenvalue weighted by Crippen LogP contribution is 2.58. The van der Waals surface area contributed by atoms with Crippen LogP contribution in [-0.4, -0.2) is 56.3 Å². The number of benzene rings is 2. The molecule has 42 heavy (non-hydrogen) atoms. The second kappa shape index (κ2) is 10.2. The van der Waals surface area contributed by atoms with Crippen LogP contribution in [0.1, 0.15) is 40.4 Å². The van der Waals surface area contributed by atoms with E-state index >= 15 is 0 Å². The summed E-state index contributed by atoms with van der Waals surface area (Å²) in [4.78, 5) is 26.6. The normalized spacial score (nSPS) is 22.9. The zero-order valence-electron chi connectivity index (χ0n) is 22.6. The fourth-order valence-electron chi connectivity index (χ4n) is 6.25. The first-order valence-electron chi connectivity index (χ1n) is 13.8. The van der Waals surface area contributed by atoms with Crippen molar-refractivity contribution in [1.82, 2.24) is 19.4 Å². The van der Waals surface area contributed by atoms with E-state index in [1.165, 1.54) is 18.2 Å². The summed E-state index contributed by atoms with van der Waals surface area (Å²) in [6, 6.07) is 12.0. The van der Waals surface area contributed by atoms with Gasteiger partial charge < -0.3 is 19.1 Å². The molecule has 1 aliphatic carbocycles. The monoisotopic (exact) mass is 571 g/mol. The highest BCUT2D eigenvalue weighted by atomic mass is 19.1. The quantitative estimate of drug-likeness (QED) is 0.280. The number of hydrogen-bond acceptors (Lipinski definition) is 6. The van der Waals surface area contributed by atoms with Crippen molar-refractivity contribution in [2.75, 3.05) is 19.7 Å². The number of aromatic nitrogens is 3. The number of halogens is 2. The Bertz CT molecular complexity index is 1760. The number of carboxylic acid groups (broad SMARTS) is 1. The lowest BCUT2D eigenvalue weighted by molar-refractivity contribution is -0.0591. The number of likely N-dealkylation sites (tertiary alicyclic amines) is 1. The number of pyridine rings is 1. The lowest BCUT2D eigenvalue weighted by atomic mass is 10.0. The molecule has 0 bridgehead atoms. The minimum atomic E-state index is -0.979. The molecule has 1 N–H and O–H groups in total. The number of nitrogens with zero attached hydrogens (tertiary/aromatic N) is 5. The molecule has 2 saturated heterocycles. The first-order chi connectivity index (χ1) is 20.3. The van der Waals surface area contributed by atoms with Gasteiger partial charge in [-0.3, -0.25) is 9.88 Å². The van der Waals surface area contributed by atoms with Gasteiger partial charge in [-0.15, -0.1) is 0 Å². The second-order valence-corrected chi connectivity index (χ2v) is 11.3. The molecule has 2 aliphatic heterocycles. The topological polar surface area (TPSA) is 94.1 Å². The van der Waals surface area contributed by atoms with E-state index in [2.05, 4.69) is 19.3 Å². The standard InChI is InChI=1S/C31H27F2N5O4/c1-34-20-3-6-27(23(33)11-20)42-16-25-22(32)4-7-28(35-25)31-12-19(31)13-37(17-31)15-29-36-24-5-2-18(30(39)40)10-26(24)38(29)14-21-8-9-41-21/h2-7,10-11,19,21H,8-9,12-17H2,(H,39,40)/t19?,21-,31?/m0/s1. The lowest BCUT2D eigenvalue weighted by Gasteiger charge is -2.28. The van der Waals surface area contributed by atoms with E-state index in [0.717, 1.165) is 61.2 Å². The van der Waals surface area contributed by atoms with Gasteiger partial charge in [0.05, 0.1) is 42.4 Å². The average molecular weight is 572 g/mol. The van der Waals surface area contributed by atoms with E-state index in [9.17, 15) is 18.7 Å². The van der Waals surface area contributed by atoms with Crippen LogP contribution in [0.25, 0.3) is 15.9 Å². The fourth-order valence-corrected chi connectivity index (χ4v) is 6.25. The van der Waals surface area contributed by atoms with E-state index < -0.39 is 17.6 Å². The molecule has 4 aromatic rings. The van der Waals surface area contributed by atoms with Crippen molar-refractivity contribution in [2.45, 2.75) is 44.1 Å². The number of rotatable bonds is 9. The summed E-state index contributed by atoms with van der Waals surface area (Å²) in [7, 11) is 0. The lowest BCUT2D eigenvalue weighted by Crippen LogP contribution is -2.33. The maximum absolute atomic E-state index is 14.7. The minimum Gasteiger partial charge on any atom is -0.484 e. The maximum Gasteiger partial charge on any atom is 0.335 e. The van der Waals surface area contributed by atoms with Gasteiger partial charge in [-0.05, 0) is 61.2 Å². The molecule has 0 spiro atoms. The number of carboxylic acids is 1. The van der Waals surface area contributed by atoms with Crippen LogP contribution in [0.2, 0.25) is 0 Å². The van der Waals surface area contributed by atoms with Crippen LogP contribution >= 0.6 is 0 Å². The van der Waals surface area contributed by atoms with Gasteiger partial charge in [0, 0.05) is 30.8 Å². The fraction of sp³-hybridized carbons (Fsp3) is 0.355. The van der Waals surface area contributed by atoms with Crippen LogP contribution in [-0.2, 0) is 29.8 Å². The summed E-state index contributed by atoms with van der Waals surface area (Å²) in [5.41, 5.74) is 2.61. The Morgan fingerprint density at radius 2 is 2.02 bits per heavy atom. The molecular formula is C31H27F2N5O4. The van der Waals surface area contributed by atoms with Gasteiger partial charge in [0.1, 0.15) is 23.9 Å². The van der Waals surface area contributed by atoms with Crippen LogP contribution in [0.5, 0.6) is 5.75 Å². The SMILES string of the molecule is [C-]#[N+]c1ccc(OCc2nc(C34CC3CN(Cc3nc5ccc(C(=O)O)cc5n3C[C@@H]3CCO3)C4)ccc2F)c(F)c1. The van der Waals surface area contributed by atoms with E-state index in [4.69, 9.17) is 21.0 Å². The molecule has 214 valence electrons. The van der Waals surface area contributed by atoms with Crippen LogP contribution in [0, 0.1) is 24.1 Å². The Labute approximate surface area is 240 Å². The molecule has 2 aromatic heterocycles. The van der Waals surface area contributed by atoms with Gasteiger partial charge in [-0.1, -0.05) is 6.07 Å². The summed E-state index contributed by atoms with van der Waals surface area (Å²) < 4.78 is 42.3. The number of piperidine rings is 1. The third-order valence-corrected chi connectivity index (χ3v) is 8.67. The molecule has 11 heteroatoms. The number of hydrogen-bond donors (Lipinski definition) is 1. The Morgan fingerprint density at radius 1 is 1.17 bits per heavy atom. The van der Waals surface area contributed by atoms with Crippen molar-refractivity contribution in [3.05, 3.63) is 94.4 Å². The minimum absolute atomic E-state index is 0.0610. The van der Waals surface area contributed by atoms with Crippen molar-refractivity contribution >= 4 is 22.7 Å². The molecule has 2 aromatic carbocycles. The van der Waals surface area contributed by atoms with E-state index in [-0.39, 0.29) is 40.8 Å². The summed E-state index contributed by atoms with van der Waals surface area (Å²) >= 11 is 0. The van der Waals surface area contributed by atoms with Crippen molar-refractivity contribution in [3.8, 4) is 5.75 Å². The molecule has 9 nitrogen and oxygen atoms in total. The summed E-state index contributed by atoms with van der Waals surface area (Å²) in [5, 5.41) is 9.52. The Morgan fingerprint density at radius 3 is 2.76 bits per heavy atom. The highest BCUT2D eigenvalue weighted by molar-refractivity contribution is 5.92. The van der Waals surface area contributed by atoms with Crippen LogP contribution in [0.4, 0.5) is 14.5 Å². The molecule has 0 radical (unpaired) electrons. The van der Waals surface area contributed by atoms with Gasteiger partial charge in [-0.2, -0.15) is 0 Å². The second-order valence-electron chi connectivity index (χ2n) is 11.3. The zero-order chi connectivity index (χ0) is 29.0. The molecule has 0 amide bonds. The maximum atomic E-state index is 14.7. The predicted octanol–water partition coefficient (Wildman–Crippen LogP) is 5.10. The van der Waals surface area contributed by atoms with Gasteiger partial charge in [-0.25, -0.2) is 23.4 Å². The van der Waals surface area contributed by atoms with Gasteiger partial charge in [0.2, 0.25) is 0 Å².